The van der Waals surface area contributed by atoms with E-state index in [-0.39, 0.29) is 5.02 Å². The summed E-state index contributed by atoms with van der Waals surface area (Å²) in [6.07, 6.45) is 0.390. The van der Waals surface area contributed by atoms with Gasteiger partial charge in [-0.1, -0.05) is 46.9 Å². The summed E-state index contributed by atoms with van der Waals surface area (Å²) < 4.78 is 0. The lowest BCUT2D eigenvalue weighted by atomic mass is 9.76. The van der Waals surface area contributed by atoms with Crippen molar-refractivity contribution in [2.45, 2.75) is 24.9 Å². The molecule has 7 nitrogen and oxygen atoms in total. The Morgan fingerprint density at radius 3 is 2.35 bits per heavy atom. The van der Waals surface area contributed by atoms with Crippen molar-refractivity contribution < 1.29 is 14.4 Å². The number of anilines is 3. The Hall–Kier alpha value is -3.10. The van der Waals surface area contributed by atoms with Crippen molar-refractivity contribution in [3.63, 3.8) is 0 Å². The molecule has 4 unspecified atom stereocenters. The zero-order valence-electron chi connectivity index (χ0n) is 19.5. The molecule has 0 saturated carbocycles. The number of nitrogen functional groups attached to an aromatic ring is 1. The quantitative estimate of drug-likeness (QED) is 0.321. The van der Waals surface area contributed by atoms with Gasteiger partial charge in [-0.3, -0.25) is 19.7 Å². The van der Waals surface area contributed by atoms with Crippen molar-refractivity contribution in [2.75, 3.05) is 16.0 Å². The predicted molar refractivity (Wildman–Crippen MR) is 144 cm³/mol. The number of rotatable bonds is 3. The Morgan fingerprint density at radius 1 is 0.946 bits per heavy atom. The molecule has 2 fully saturated rings. The maximum Gasteiger partial charge on any atom is 0.250 e. The molecule has 188 valence electrons. The van der Waals surface area contributed by atoms with Crippen molar-refractivity contribution in [1.82, 2.24) is 5.32 Å². The van der Waals surface area contributed by atoms with E-state index in [1.54, 1.807) is 36.4 Å². The summed E-state index contributed by atoms with van der Waals surface area (Å²) in [5, 5.41) is 7.20. The lowest BCUT2D eigenvalue weighted by Crippen LogP contribution is -2.53. The normalized spacial score (nSPS) is 26.1. The van der Waals surface area contributed by atoms with Gasteiger partial charge in [0.1, 0.15) is 5.54 Å². The molecule has 3 aromatic carbocycles. The van der Waals surface area contributed by atoms with Crippen molar-refractivity contribution in [3.8, 4) is 0 Å². The Balaban J connectivity index is 1.52. The fraction of sp³-hybridized carbons (Fsp3) is 0.222. The highest BCUT2D eigenvalue weighted by Crippen LogP contribution is 2.55. The van der Waals surface area contributed by atoms with Crippen LogP contribution in [0.3, 0.4) is 0 Å². The second-order valence-electron chi connectivity index (χ2n) is 9.77. The van der Waals surface area contributed by atoms with Crippen LogP contribution < -0.4 is 21.3 Å². The molecule has 0 aliphatic carbocycles. The number of fused-ring (bicyclic) bond motifs is 4. The van der Waals surface area contributed by atoms with E-state index < -0.39 is 41.1 Å². The zero-order chi connectivity index (χ0) is 26.2. The maximum absolute atomic E-state index is 14.1. The minimum atomic E-state index is -1.53. The average molecular weight is 556 g/mol. The molecule has 3 aliphatic rings. The lowest BCUT2D eigenvalue weighted by Gasteiger charge is -2.30. The van der Waals surface area contributed by atoms with E-state index in [0.29, 0.717) is 39.1 Å². The Labute approximate surface area is 227 Å². The molecular weight excluding hydrogens is 535 g/mol. The smallest absolute Gasteiger partial charge is 0.250 e. The topological polar surface area (TPSA) is 105 Å². The van der Waals surface area contributed by atoms with Crippen LogP contribution >= 0.6 is 34.8 Å². The number of carbonyl (C=O) groups is 3. The van der Waals surface area contributed by atoms with Crippen molar-refractivity contribution >= 4 is 69.6 Å². The van der Waals surface area contributed by atoms with Crippen LogP contribution in [0.15, 0.2) is 54.6 Å². The molecule has 0 bridgehead atoms. The Morgan fingerprint density at radius 2 is 1.65 bits per heavy atom. The highest BCUT2D eigenvalue weighted by atomic mass is 35.5. The molecule has 10 heteroatoms. The SMILES string of the molecule is Cc1cc(Cl)cc(N2C(=O)C3C(Cc4ccc(N)cc4)NC4(C(=O)Nc5c(Cl)cc(Cl)cc54)C3C2=O)c1. The first kappa shape index (κ1) is 24.2. The van der Waals surface area contributed by atoms with E-state index in [2.05, 4.69) is 10.6 Å². The van der Waals surface area contributed by atoms with Gasteiger partial charge in [-0.15, -0.1) is 0 Å². The van der Waals surface area contributed by atoms with Crippen LogP contribution in [0.25, 0.3) is 0 Å². The first-order valence-corrected chi connectivity index (χ1v) is 12.8. The summed E-state index contributed by atoms with van der Waals surface area (Å²) in [5.74, 6) is -3.17. The van der Waals surface area contributed by atoms with E-state index in [9.17, 15) is 14.4 Å². The number of carbonyl (C=O) groups excluding carboxylic acids is 3. The molecule has 0 radical (unpaired) electrons. The monoisotopic (exact) mass is 554 g/mol. The summed E-state index contributed by atoms with van der Waals surface area (Å²) in [7, 11) is 0. The van der Waals surface area contributed by atoms with Crippen LogP contribution in [0.5, 0.6) is 0 Å². The second-order valence-corrected chi connectivity index (χ2v) is 11.1. The number of benzene rings is 3. The molecule has 3 aromatic rings. The van der Waals surface area contributed by atoms with E-state index >= 15 is 0 Å². The third-order valence-electron chi connectivity index (χ3n) is 7.46. The van der Waals surface area contributed by atoms with Gasteiger partial charge in [-0.05, 0) is 66.9 Å². The summed E-state index contributed by atoms with van der Waals surface area (Å²) in [4.78, 5) is 43.0. The van der Waals surface area contributed by atoms with Crippen LogP contribution in [0.2, 0.25) is 15.1 Å². The molecule has 3 amide bonds. The van der Waals surface area contributed by atoms with Crippen LogP contribution in [0, 0.1) is 18.8 Å². The van der Waals surface area contributed by atoms with Gasteiger partial charge in [0.2, 0.25) is 17.7 Å². The number of hydrogen-bond acceptors (Lipinski definition) is 5. The third-order valence-corrected chi connectivity index (χ3v) is 8.20. The van der Waals surface area contributed by atoms with Gasteiger partial charge in [0.05, 0.1) is 28.2 Å². The number of amides is 3. The van der Waals surface area contributed by atoms with Gasteiger partial charge in [-0.2, -0.15) is 0 Å². The summed E-state index contributed by atoms with van der Waals surface area (Å²) in [6, 6.07) is 15.0. The number of aryl methyl sites for hydroxylation is 1. The molecule has 2 saturated heterocycles. The maximum atomic E-state index is 14.1. The standard InChI is InChI=1S/C27H21Cl3N4O3/c1-12-6-14(28)9-17(7-12)34-24(35)21-20(8-13-2-4-16(31)5-3-13)33-27(22(21)25(34)36)18-10-15(29)11-19(30)23(18)32-26(27)37/h2-7,9-11,20-22,33H,8,31H2,1H3,(H,32,37). The number of halogens is 3. The van der Waals surface area contributed by atoms with Gasteiger partial charge in [0.25, 0.3) is 0 Å². The minimum absolute atomic E-state index is 0.257. The molecule has 1 spiro atoms. The zero-order valence-corrected chi connectivity index (χ0v) is 21.8. The van der Waals surface area contributed by atoms with E-state index in [1.807, 2.05) is 19.1 Å². The van der Waals surface area contributed by atoms with E-state index in [1.165, 1.54) is 6.07 Å². The van der Waals surface area contributed by atoms with Crippen LogP contribution in [-0.4, -0.2) is 23.8 Å². The molecular formula is C27H21Cl3N4O3. The fourth-order valence-electron chi connectivity index (χ4n) is 6.01. The first-order chi connectivity index (χ1) is 17.6. The first-order valence-electron chi connectivity index (χ1n) is 11.7. The van der Waals surface area contributed by atoms with E-state index in [0.717, 1.165) is 16.0 Å². The van der Waals surface area contributed by atoms with Gasteiger partial charge in [0, 0.05) is 27.3 Å². The number of imide groups is 1. The number of hydrogen-bond donors (Lipinski definition) is 3. The third kappa shape index (κ3) is 3.56. The van der Waals surface area contributed by atoms with Crippen molar-refractivity contribution in [2.24, 2.45) is 11.8 Å². The molecule has 37 heavy (non-hydrogen) atoms. The van der Waals surface area contributed by atoms with Gasteiger partial charge >= 0.3 is 0 Å². The van der Waals surface area contributed by atoms with Crippen LogP contribution in [0.4, 0.5) is 17.1 Å². The summed E-state index contributed by atoms with van der Waals surface area (Å²) in [6.45, 7) is 1.83. The highest BCUT2D eigenvalue weighted by Gasteiger charge is 2.70. The highest BCUT2D eigenvalue weighted by molar-refractivity contribution is 6.38. The predicted octanol–water partition coefficient (Wildman–Crippen LogP) is 4.71. The number of nitrogens with two attached hydrogens (primary N) is 1. The number of nitrogens with one attached hydrogen (secondary N) is 2. The minimum Gasteiger partial charge on any atom is -0.399 e. The lowest BCUT2D eigenvalue weighted by molar-refractivity contribution is -0.130. The average Bonchev–Trinajstić information content (AvgIpc) is 3.40. The Bertz CT molecular complexity index is 1490. The van der Waals surface area contributed by atoms with Crippen molar-refractivity contribution in [3.05, 3.63) is 86.4 Å². The molecule has 0 aromatic heterocycles. The van der Waals surface area contributed by atoms with E-state index in [4.69, 9.17) is 40.5 Å². The van der Waals surface area contributed by atoms with Gasteiger partial charge < -0.3 is 11.1 Å². The Kier molecular flexibility index (Phi) is 5.55. The molecule has 4 N–H and O–H groups in total. The molecule has 6 rings (SSSR count). The largest absolute Gasteiger partial charge is 0.399 e. The van der Waals surface area contributed by atoms with Crippen LogP contribution in [-0.2, 0) is 26.3 Å². The summed E-state index contributed by atoms with van der Waals surface area (Å²) in [5.41, 5.74) is 7.85. The fourth-order valence-corrected chi connectivity index (χ4v) is 6.83. The molecule has 4 atom stereocenters. The summed E-state index contributed by atoms with van der Waals surface area (Å²) >= 11 is 19.1. The molecule has 3 heterocycles. The van der Waals surface area contributed by atoms with Gasteiger partial charge in [-0.25, -0.2) is 4.90 Å². The van der Waals surface area contributed by atoms with Crippen LogP contribution in [0.1, 0.15) is 16.7 Å². The number of nitrogens with zero attached hydrogens (tertiary/aromatic N) is 1. The van der Waals surface area contributed by atoms with Gasteiger partial charge in [0.15, 0.2) is 0 Å². The molecule has 3 aliphatic heterocycles. The van der Waals surface area contributed by atoms with Crippen molar-refractivity contribution in [1.29, 1.82) is 0 Å². The second kappa shape index (κ2) is 8.46.